The Bertz CT molecular complexity index is 832. The minimum Gasteiger partial charge on any atom is -0.356 e. The molecule has 4 rings (SSSR count). The van der Waals surface area contributed by atoms with Crippen molar-refractivity contribution in [3.05, 3.63) is 52.4 Å². The predicted octanol–water partition coefficient (Wildman–Crippen LogP) is 3.82. The Kier molecular flexibility index (Phi) is 5.56. The van der Waals surface area contributed by atoms with E-state index >= 15 is 0 Å². The summed E-state index contributed by atoms with van der Waals surface area (Å²) in [5.41, 5.74) is 3.60. The van der Waals surface area contributed by atoms with E-state index in [9.17, 15) is 0 Å². The summed E-state index contributed by atoms with van der Waals surface area (Å²) in [5.74, 6) is 1.42. The molecule has 0 saturated carbocycles. The van der Waals surface area contributed by atoms with E-state index in [4.69, 9.17) is 16.9 Å². The summed E-state index contributed by atoms with van der Waals surface area (Å²) in [6.45, 7) is 4.59. The number of hydrogen-bond donors (Lipinski definition) is 0. The highest BCUT2D eigenvalue weighted by atomic mass is 35.5. The van der Waals surface area contributed by atoms with Crippen LogP contribution in [0.15, 0.2) is 30.3 Å². The van der Waals surface area contributed by atoms with Crippen molar-refractivity contribution in [2.45, 2.75) is 38.8 Å². The van der Waals surface area contributed by atoms with E-state index in [0.29, 0.717) is 17.6 Å². The average molecular weight is 382 g/mol. The van der Waals surface area contributed by atoms with Crippen molar-refractivity contribution in [1.82, 2.24) is 14.9 Å². The molecule has 27 heavy (non-hydrogen) atoms. The van der Waals surface area contributed by atoms with Gasteiger partial charge in [0.25, 0.3) is 0 Å². The number of nitrogens with zero attached hydrogens (tertiary/aromatic N) is 5. The minimum atomic E-state index is 0.327. The Morgan fingerprint density at radius 1 is 1.19 bits per heavy atom. The number of rotatable bonds is 4. The molecule has 6 heteroatoms. The SMILES string of the molecule is N#CC[C@@H]1CCCN(c2nc(Cl)nc3c2CCN(Cc2ccccc2)C3)C1. The predicted molar refractivity (Wildman–Crippen MR) is 106 cm³/mol. The Labute approximate surface area is 165 Å². The number of aromatic nitrogens is 2. The molecule has 3 heterocycles. The molecule has 1 atom stereocenters. The number of halogens is 1. The third kappa shape index (κ3) is 4.23. The first-order valence-corrected chi connectivity index (χ1v) is 10.0. The van der Waals surface area contributed by atoms with Crippen molar-refractivity contribution in [2.24, 2.45) is 5.92 Å². The minimum absolute atomic E-state index is 0.327. The maximum atomic E-state index is 9.04. The van der Waals surface area contributed by atoms with Gasteiger partial charge in [0.15, 0.2) is 0 Å². The maximum absolute atomic E-state index is 9.04. The van der Waals surface area contributed by atoms with E-state index in [1.807, 2.05) is 6.07 Å². The highest BCUT2D eigenvalue weighted by molar-refractivity contribution is 6.28. The second-order valence-electron chi connectivity index (χ2n) is 7.50. The molecule has 0 unspecified atom stereocenters. The largest absolute Gasteiger partial charge is 0.356 e. The van der Waals surface area contributed by atoms with Crippen LogP contribution in [0, 0.1) is 17.2 Å². The molecule has 1 aromatic heterocycles. The molecule has 1 aromatic carbocycles. The smallest absolute Gasteiger partial charge is 0.224 e. The molecule has 2 aliphatic rings. The van der Waals surface area contributed by atoms with Crippen LogP contribution in [-0.2, 0) is 19.5 Å². The van der Waals surface area contributed by atoms with Gasteiger partial charge >= 0.3 is 0 Å². The lowest BCUT2D eigenvalue weighted by molar-refractivity contribution is 0.241. The van der Waals surface area contributed by atoms with Gasteiger partial charge in [0.2, 0.25) is 5.28 Å². The third-order valence-corrected chi connectivity index (χ3v) is 5.71. The van der Waals surface area contributed by atoms with Crippen LogP contribution in [0.1, 0.15) is 36.1 Å². The molecular formula is C21H24ClN5. The van der Waals surface area contributed by atoms with Gasteiger partial charge in [-0.2, -0.15) is 5.26 Å². The van der Waals surface area contributed by atoms with Gasteiger partial charge in [-0.05, 0) is 42.3 Å². The zero-order valence-electron chi connectivity index (χ0n) is 15.4. The van der Waals surface area contributed by atoms with Gasteiger partial charge in [0.1, 0.15) is 5.82 Å². The summed E-state index contributed by atoms with van der Waals surface area (Å²) in [7, 11) is 0. The highest BCUT2D eigenvalue weighted by Crippen LogP contribution is 2.31. The summed E-state index contributed by atoms with van der Waals surface area (Å²) in [6, 6.07) is 12.9. The van der Waals surface area contributed by atoms with Gasteiger partial charge in [0.05, 0.1) is 11.8 Å². The van der Waals surface area contributed by atoms with Crippen molar-refractivity contribution < 1.29 is 0 Å². The van der Waals surface area contributed by atoms with E-state index in [1.165, 1.54) is 11.1 Å². The van der Waals surface area contributed by atoms with E-state index in [1.54, 1.807) is 0 Å². The maximum Gasteiger partial charge on any atom is 0.224 e. The zero-order valence-corrected chi connectivity index (χ0v) is 16.2. The van der Waals surface area contributed by atoms with Crippen molar-refractivity contribution in [3.63, 3.8) is 0 Å². The molecule has 1 fully saturated rings. The zero-order chi connectivity index (χ0) is 18.6. The molecular weight excluding hydrogens is 358 g/mol. The number of nitriles is 1. The van der Waals surface area contributed by atoms with Crippen LogP contribution in [0.25, 0.3) is 0 Å². The van der Waals surface area contributed by atoms with Crippen LogP contribution >= 0.6 is 11.6 Å². The number of anilines is 1. The van der Waals surface area contributed by atoms with Gasteiger partial charge in [-0.3, -0.25) is 4.90 Å². The fourth-order valence-corrected chi connectivity index (χ4v) is 4.41. The first-order chi connectivity index (χ1) is 13.2. The van der Waals surface area contributed by atoms with Crippen LogP contribution in [0.3, 0.4) is 0 Å². The molecule has 5 nitrogen and oxygen atoms in total. The first kappa shape index (κ1) is 18.2. The summed E-state index contributed by atoms with van der Waals surface area (Å²) in [6.07, 6.45) is 3.77. The average Bonchev–Trinajstić information content (AvgIpc) is 2.68. The van der Waals surface area contributed by atoms with E-state index in [2.05, 4.69) is 50.1 Å². The molecule has 0 bridgehead atoms. The molecule has 1 saturated heterocycles. The Morgan fingerprint density at radius 3 is 2.85 bits per heavy atom. The standard InChI is InChI=1S/C21H24ClN5/c22-21-24-19-15-26(13-16-5-2-1-3-6-16)12-9-18(19)20(25-21)27-11-4-7-17(14-27)8-10-23/h1-3,5-6,17H,4,7-9,11-15H2/t17-/m0/s1. The number of piperidine rings is 1. The second-order valence-corrected chi connectivity index (χ2v) is 7.84. The topological polar surface area (TPSA) is 56.1 Å². The Morgan fingerprint density at radius 2 is 2.04 bits per heavy atom. The van der Waals surface area contributed by atoms with E-state index in [0.717, 1.165) is 63.5 Å². The lowest BCUT2D eigenvalue weighted by Crippen LogP contribution is -2.38. The lowest BCUT2D eigenvalue weighted by atomic mass is 9.94. The van der Waals surface area contributed by atoms with Crippen LogP contribution in [0.4, 0.5) is 5.82 Å². The van der Waals surface area contributed by atoms with Crippen molar-refractivity contribution in [3.8, 4) is 6.07 Å². The van der Waals surface area contributed by atoms with Gasteiger partial charge < -0.3 is 4.90 Å². The summed E-state index contributed by atoms with van der Waals surface area (Å²) >= 11 is 6.29. The summed E-state index contributed by atoms with van der Waals surface area (Å²) in [5, 5.41) is 9.37. The van der Waals surface area contributed by atoms with Gasteiger partial charge in [-0.25, -0.2) is 9.97 Å². The quantitative estimate of drug-likeness (QED) is 0.753. The third-order valence-electron chi connectivity index (χ3n) is 5.54. The molecule has 2 aromatic rings. The number of hydrogen-bond acceptors (Lipinski definition) is 5. The summed E-state index contributed by atoms with van der Waals surface area (Å²) < 4.78 is 0. The first-order valence-electron chi connectivity index (χ1n) is 9.66. The molecule has 0 aliphatic carbocycles. The van der Waals surface area contributed by atoms with Crippen molar-refractivity contribution in [2.75, 3.05) is 24.5 Å². The molecule has 0 amide bonds. The van der Waals surface area contributed by atoms with Gasteiger partial charge in [0, 0.05) is 44.7 Å². The van der Waals surface area contributed by atoms with Crippen LogP contribution in [0.5, 0.6) is 0 Å². The molecule has 0 radical (unpaired) electrons. The molecule has 2 aliphatic heterocycles. The van der Waals surface area contributed by atoms with Crippen LogP contribution in [-0.4, -0.2) is 34.5 Å². The second kappa shape index (κ2) is 8.24. The van der Waals surface area contributed by atoms with Crippen molar-refractivity contribution in [1.29, 1.82) is 5.26 Å². The normalized spacial score (nSPS) is 20.1. The Balaban J connectivity index is 1.54. The van der Waals surface area contributed by atoms with Crippen LogP contribution < -0.4 is 4.90 Å². The van der Waals surface area contributed by atoms with Gasteiger partial charge in [-0.15, -0.1) is 0 Å². The number of benzene rings is 1. The van der Waals surface area contributed by atoms with E-state index < -0.39 is 0 Å². The molecule has 0 N–H and O–H groups in total. The molecule has 140 valence electrons. The van der Waals surface area contributed by atoms with Gasteiger partial charge in [-0.1, -0.05) is 30.3 Å². The fraction of sp³-hybridized carbons (Fsp3) is 0.476. The Hall–Kier alpha value is -2.16. The summed E-state index contributed by atoms with van der Waals surface area (Å²) in [4.78, 5) is 13.9. The molecule has 0 spiro atoms. The fourth-order valence-electron chi connectivity index (χ4n) is 4.23. The van der Waals surface area contributed by atoms with Crippen molar-refractivity contribution >= 4 is 17.4 Å². The lowest BCUT2D eigenvalue weighted by Gasteiger charge is -2.36. The highest BCUT2D eigenvalue weighted by Gasteiger charge is 2.28. The monoisotopic (exact) mass is 381 g/mol. The number of fused-ring (bicyclic) bond motifs is 1. The van der Waals surface area contributed by atoms with E-state index in [-0.39, 0.29) is 0 Å². The van der Waals surface area contributed by atoms with Crippen LogP contribution in [0.2, 0.25) is 5.28 Å².